The van der Waals surface area contributed by atoms with Gasteiger partial charge in [-0.2, -0.15) is 0 Å². The Bertz CT molecular complexity index is 819. The van der Waals surface area contributed by atoms with Crippen molar-refractivity contribution in [2.24, 2.45) is 0 Å². The highest BCUT2D eigenvalue weighted by Gasteiger charge is 2.30. The van der Waals surface area contributed by atoms with Crippen LogP contribution in [0.1, 0.15) is 54.6 Å². The highest BCUT2D eigenvalue weighted by molar-refractivity contribution is 9.10. The summed E-state index contributed by atoms with van der Waals surface area (Å²) in [5.41, 5.74) is 1.23. The number of rotatable bonds is 4. The van der Waals surface area contributed by atoms with Gasteiger partial charge < -0.3 is 19.7 Å². The smallest absolute Gasteiger partial charge is 0.291 e. The lowest BCUT2D eigenvalue weighted by molar-refractivity contribution is 0.0350. The molecule has 6 nitrogen and oxygen atoms in total. The molecule has 1 amide bonds. The van der Waals surface area contributed by atoms with Crippen LogP contribution in [0.2, 0.25) is 0 Å². The second-order valence-electron chi connectivity index (χ2n) is 7.46. The summed E-state index contributed by atoms with van der Waals surface area (Å²) in [6.07, 6.45) is 5.62. The number of carbonyl (C=O) groups is 1. The highest BCUT2D eigenvalue weighted by atomic mass is 79.9. The third-order valence-electron chi connectivity index (χ3n) is 5.12. The fourth-order valence-electron chi connectivity index (χ4n) is 3.28. The van der Waals surface area contributed by atoms with E-state index >= 15 is 0 Å². The van der Waals surface area contributed by atoms with Crippen molar-refractivity contribution in [1.82, 2.24) is 4.98 Å². The molecule has 26 heavy (non-hydrogen) atoms. The number of halogens is 1. The number of hydrogen-bond donors (Lipinski definition) is 2. The van der Waals surface area contributed by atoms with Gasteiger partial charge in [0.15, 0.2) is 16.2 Å². The molecule has 1 aliphatic carbocycles. The number of aliphatic hydroxyl groups is 1. The van der Waals surface area contributed by atoms with E-state index in [0.717, 1.165) is 11.4 Å². The van der Waals surface area contributed by atoms with Gasteiger partial charge in [0.1, 0.15) is 0 Å². The minimum absolute atomic E-state index is 0.251. The van der Waals surface area contributed by atoms with E-state index in [2.05, 4.69) is 31.1 Å². The molecule has 2 fully saturated rings. The van der Waals surface area contributed by atoms with Crippen LogP contribution in [0.5, 0.6) is 0 Å². The van der Waals surface area contributed by atoms with Crippen LogP contribution in [0, 0.1) is 0 Å². The third kappa shape index (κ3) is 3.78. The molecular formula is C19H22BrN3O3. The van der Waals surface area contributed by atoms with Gasteiger partial charge in [-0.05, 0) is 78.2 Å². The molecule has 1 saturated heterocycles. The van der Waals surface area contributed by atoms with Crippen molar-refractivity contribution < 1.29 is 14.3 Å². The van der Waals surface area contributed by atoms with Crippen molar-refractivity contribution in [3.8, 4) is 0 Å². The number of amides is 1. The monoisotopic (exact) mass is 419 g/mol. The van der Waals surface area contributed by atoms with Crippen molar-refractivity contribution in [3.63, 3.8) is 0 Å². The molecular weight excluding hydrogens is 398 g/mol. The van der Waals surface area contributed by atoms with Crippen LogP contribution in [0.3, 0.4) is 0 Å². The number of aromatic nitrogens is 1. The van der Waals surface area contributed by atoms with Gasteiger partial charge in [0, 0.05) is 19.3 Å². The van der Waals surface area contributed by atoms with E-state index in [9.17, 15) is 9.90 Å². The Balaban J connectivity index is 1.60. The van der Waals surface area contributed by atoms with E-state index in [4.69, 9.17) is 4.42 Å². The fourth-order valence-corrected chi connectivity index (χ4v) is 3.58. The normalized spacial score (nSPS) is 19.4. The molecule has 0 bridgehead atoms. The zero-order chi connectivity index (χ0) is 18.3. The molecule has 2 N–H and O–H groups in total. The molecule has 138 valence electrons. The first-order chi connectivity index (χ1) is 12.4. The minimum atomic E-state index is -0.631. The van der Waals surface area contributed by atoms with Gasteiger partial charge in [-0.3, -0.25) is 4.79 Å². The summed E-state index contributed by atoms with van der Waals surface area (Å²) in [5.74, 6) is 1.26. The number of anilines is 2. The summed E-state index contributed by atoms with van der Waals surface area (Å²) < 4.78 is 5.88. The number of nitrogens with one attached hydrogen (secondary N) is 1. The molecule has 0 spiro atoms. The van der Waals surface area contributed by atoms with E-state index in [1.165, 1.54) is 12.8 Å². The Labute approximate surface area is 160 Å². The number of piperidine rings is 1. The maximum atomic E-state index is 12.6. The summed E-state index contributed by atoms with van der Waals surface area (Å²) >= 11 is 3.22. The van der Waals surface area contributed by atoms with Crippen LogP contribution in [-0.4, -0.2) is 34.7 Å². The zero-order valence-electron chi connectivity index (χ0n) is 14.7. The zero-order valence-corrected chi connectivity index (χ0v) is 16.3. The van der Waals surface area contributed by atoms with E-state index < -0.39 is 5.60 Å². The lowest BCUT2D eigenvalue weighted by atomic mass is 9.94. The van der Waals surface area contributed by atoms with Crippen molar-refractivity contribution in [2.75, 3.05) is 23.3 Å². The van der Waals surface area contributed by atoms with E-state index in [-0.39, 0.29) is 11.7 Å². The number of carbonyl (C=O) groups excluding carboxylic acids is 1. The van der Waals surface area contributed by atoms with Gasteiger partial charge in [0.2, 0.25) is 0 Å². The average Bonchev–Trinajstić information content (AvgIpc) is 3.36. The average molecular weight is 420 g/mol. The largest absolute Gasteiger partial charge is 0.444 e. The molecule has 1 aliphatic heterocycles. The highest BCUT2D eigenvalue weighted by Crippen LogP contribution is 2.42. The van der Waals surface area contributed by atoms with Crippen LogP contribution in [0.15, 0.2) is 33.5 Å². The van der Waals surface area contributed by atoms with E-state index in [1.54, 1.807) is 12.1 Å². The van der Waals surface area contributed by atoms with Crippen molar-refractivity contribution in [1.29, 1.82) is 0 Å². The molecule has 0 aromatic carbocycles. The van der Waals surface area contributed by atoms with Gasteiger partial charge in [-0.15, -0.1) is 0 Å². The summed E-state index contributed by atoms with van der Waals surface area (Å²) in [6.45, 7) is 3.28. The van der Waals surface area contributed by atoms with Crippen LogP contribution in [-0.2, 0) is 0 Å². The Kier molecular flexibility index (Phi) is 4.52. The molecule has 4 rings (SSSR count). The summed E-state index contributed by atoms with van der Waals surface area (Å²) in [4.78, 5) is 19.3. The second kappa shape index (κ2) is 6.70. The molecule has 2 aromatic heterocycles. The van der Waals surface area contributed by atoms with Gasteiger partial charge in [-0.1, -0.05) is 0 Å². The van der Waals surface area contributed by atoms with Crippen molar-refractivity contribution in [2.45, 2.75) is 44.1 Å². The van der Waals surface area contributed by atoms with Crippen LogP contribution in [0.25, 0.3) is 0 Å². The van der Waals surface area contributed by atoms with Crippen molar-refractivity contribution >= 4 is 33.3 Å². The summed E-state index contributed by atoms with van der Waals surface area (Å²) in [7, 11) is 0. The predicted molar refractivity (Wildman–Crippen MR) is 103 cm³/mol. The van der Waals surface area contributed by atoms with Crippen LogP contribution >= 0.6 is 15.9 Å². The first-order valence-corrected chi connectivity index (χ1v) is 9.74. The Morgan fingerprint density at radius 3 is 2.73 bits per heavy atom. The van der Waals surface area contributed by atoms with Gasteiger partial charge in [0.25, 0.3) is 5.91 Å². The predicted octanol–water partition coefficient (Wildman–Crippen LogP) is 3.92. The topological polar surface area (TPSA) is 78.6 Å². The standard InChI is InChI=1S/C19H22BrN3O3/c1-19(25)6-8-23(9-7-19)17-14(10-13(11-21-17)12-2-3-12)22-18(24)15-4-5-16(20)26-15/h4-5,10-12,25H,2-3,6-9H2,1H3,(H,22,24). The number of pyridine rings is 1. The SMILES string of the molecule is CC1(O)CCN(c2ncc(C3CC3)cc2NC(=O)c2ccc(Br)o2)CC1. The minimum Gasteiger partial charge on any atom is -0.444 e. The first-order valence-electron chi connectivity index (χ1n) is 8.95. The van der Waals surface area contributed by atoms with Gasteiger partial charge >= 0.3 is 0 Å². The first kappa shape index (κ1) is 17.5. The number of furan rings is 1. The molecule has 0 atom stereocenters. The number of nitrogens with zero attached hydrogens (tertiary/aromatic N) is 2. The maximum Gasteiger partial charge on any atom is 0.291 e. The maximum absolute atomic E-state index is 12.6. The Hall–Kier alpha value is -1.86. The summed E-state index contributed by atoms with van der Waals surface area (Å²) in [6, 6.07) is 5.36. The van der Waals surface area contributed by atoms with Gasteiger partial charge in [-0.25, -0.2) is 4.98 Å². The molecule has 7 heteroatoms. The molecule has 0 unspecified atom stereocenters. The van der Waals surface area contributed by atoms with Crippen LogP contribution < -0.4 is 10.2 Å². The molecule has 2 aromatic rings. The quantitative estimate of drug-likeness (QED) is 0.784. The lowest BCUT2D eigenvalue weighted by Gasteiger charge is -2.37. The molecule has 1 saturated carbocycles. The van der Waals surface area contributed by atoms with Gasteiger partial charge in [0.05, 0.1) is 11.3 Å². The fraction of sp³-hybridized carbons (Fsp3) is 0.474. The van der Waals surface area contributed by atoms with Crippen molar-refractivity contribution in [3.05, 3.63) is 40.4 Å². The van der Waals surface area contributed by atoms with E-state index in [1.807, 2.05) is 19.2 Å². The summed E-state index contributed by atoms with van der Waals surface area (Å²) in [5, 5.41) is 13.2. The van der Waals surface area contributed by atoms with E-state index in [0.29, 0.717) is 42.2 Å². The Morgan fingerprint density at radius 1 is 1.38 bits per heavy atom. The lowest BCUT2D eigenvalue weighted by Crippen LogP contribution is -2.43. The van der Waals surface area contributed by atoms with Crippen LogP contribution in [0.4, 0.5) is 11.5 Å². The molecule has 2 aliphatic rings. The Morgan fingerprint density at radius 2 is 2.12 bits per heavy atom. The number of hydrogen-bond acceptors (Lipinski definition) is 5. The molecule has 3 heterocycles. The second-order valence-corrected chi connectivity index (χ2v) is 8.24. The third-order valence-corrected chi connectivity index (χ3v) is 5.55. The molecule has 0 radical (unpaired) electrons.